The molecule has 0 aromatic rings. The molecule has 12 heavy (non-hydrogen) atoms. The van der Waals surface area contributed by atoms with E-state index in [0.29, 0.717) is 16.2 Å². The molecule has 0 fully saturated rings. The zero-order valence-electron chi connectivity index (χ0n) is 6.64. The normalized spacial score (nSPS) is 1.58. The van der Waals surface area contributed by atoms with Crippen molar-refractivity contribution < 1.29 is 49.4 Å². The van der Waals surface area contributed by atoms with E-state index >= 15 is 0 Å². The molecule has 0 radical (unpaired) electrons. The van der Waals surface area contributed by atoms with E-state index in [2.05, 4.69) is 0 Å². The van der Waals surface area contributed by atoms with Crippen LogP contribution in [0.15, 0.2) is 0 Å². The van der Waals surface area contributed by atoms with E-state index in [1.807, 2.05) is 0 Å². The van der Waals surface area contributed by atoms with Crippen LogP contribution in [0.3, 0.4) is 0 Å². The Balaban J connectivity index is -0.00000000544. The molecule has 0 heterocycles. The van der Waals surface area contributed by atoms with Gasteiger partial charge in [-0.2, -0.15) is 0 Å². The van der Waals surface area contributed by atoms with Crippen LogP contribution in [0.25, 0.3) is 0 Å². The molecule has 12 heteroatoms. The van der Waals surface area contributed by atoms with Crippen LogP contribution < -0.4 is 0 Å². The summed E-state index contributed by atoms with van der Waals surface area (Å²) in [7, 11) is -1.42. The standard InChI is InChI=1S/Al.Ca.Mg.O2Si.2H2O.3O.Ti.3H/c;;;1-3-2;;;;;;;;;/h;;;;2*1H2;;;;;;;/q;2*+1;;;;;;;;;;/p-2. The second kappa shape index (κ2) is 106. The molecule has 0 rings (SSSR count). The van der Waals surface area contributed by atoms with E-state index in [9.17, 15) is 0 Å². The summed E-state index contributed by atoms with van der Waals surface area (Å²) in [6.45, 7) is 0. The van der Waals surface area contributed by atoms with Gasteiger partial charge in [0.25, 0.3) is 0 Å². The summed E-state index contributed by atoms with van der Waals surface area (Å²) in [6, 6.07) is 0. The van der Waals surface area contributed by atoms with Crippen molar-refractivity contribution in [3.05, 3.63) is 0 Å². The fraction of sp³-hybridized carbons (Fsp3) is 0. The van der Waals surface area contributed by atoms with E-state index in [-0.39, 0.29) is 71.7 Å². The third-order valence-corrected chi connectivity index (χ3v) is 0. The summed E-state index contributed by atoms with van der Waals surface area (Å²) in [5.41, 5.74) is 0. The Hall–Kier alpha value is 2.41. The first-order valence-electron chi connectivity index (χ1n) is 1.11. The average Bonchev–Trinajstić information content (AvgIpc) is 1.75. The summed E-state index contributed by atoms with van der Waals surface area (Å²) in [6.07, 6.45) is 0. The molecule has 0 atom stereocenters. The van der Waals surface area contributed by atoms with Crippen LogP contribution >= 0.6 is 0 Å². The van der Waals surface area contributed by atoms with Gasteiger partial charge in [-0.3, -0.25) is 8.92 Å². The summed E-state index contributed by atoms with van der Waals surface area (Å²) in [4.78, 5) is 0. The molecular formula is H5AlCaMgO7SiTi. The van der Waals surface area contributed by atoms with Gasteiger partial charge < -0.3 is 11.0 Å². The first-order chi connectivity index (χ1) is 3.83. The van der Waals surface area contributed by atoms with Crippen LogP contribution in [-0.4, -0.2) is 97.3 Å². The second-order valence-corrected chi connectivity index (χ2v) is 0.594. The van der Waals surface area contributed by atoms with Crippen LogP contribution in [0.1, 0.15) is 0 Å². The Bertz CT molecular complexity index is 87.6. The van der Waals surface area contributed by atoms with Crippen molar-refractivity contribution in [3.8, 4) is 0 Å². The topological polar surface area (TPSA) is 145 Å². The summed E-state index contributed by atoms with van der Waals surface area (Å²) < 4.78 is 42.1. The van der Waals surface area contributed by atoms with Gasteiger partial charge >= 0.3 is 116 Å². The molecule has 2 N–H and O–H groups in total. The molecule has 0 spiro atoms. The quantitative estimate of drug-likeness (QED) is 0.424. The Morgan fingerprint density at radius 1 is 1.00 bits per heavy atom. The predicted octanol–water partition coefficient (Wildman–Crippen LogP) is -3.28. The average molecular weight is 284 g/mol. The summed E-state index contributed by atoms with van der Waals surface area (Å²) in [5, 5.41) is 0. The van der Waals surface area contributed by atoms with Gasteiger partial charge in [-0.1, -0.05) is 0 Å². The van der Waals surface area contributed by atoms with Gasteiger partial charge in [0.2, 0.25) is 0 Å². The van der Waals surface area contributed by atoms with E-state index in [4.69, 9.17) is 19.4 Å². The molecule has 0 saturated carbocycles. The number of hydrogen-bond donors (Lipinski definition) is 0. The van der Waals surface area contributed by atoms with Crippen LogP contribution in [-0.2, 0) is 38.5 Å². The molecule has 0 amide bonds. The SMILES string of the molecule is O=[Si]=O.[CaH+].[MgH+].[OH-].[OH-].[O]=[AlH].[O]=[Ti]=[O]. The van der Waals surface area contributed by atoms with Gasteiger partial charge in [-0.05, 0) is 0 Å². The Labute approximate surface area is 133 Å². The van der Waals surface area contributed by atoms with Gasteiger partial charge in [-0.25, -0.2) is 0 Å². The van der Waals surface area contributed by atoms with Crippen molar-refractivity contribution in [3.63, 3.8) is 0 Å². The molecule has 0 aromatic carbocycles. The zero-order chi connectivity index (χ0) is 7.41. The minimum atomic E-state index is -2.00. The van der Waals surface area contributed by atoms with Crippen molar-refractivity contribution in [2.75, 3.05) is 0 Å². The number of hydrogen-bond acceptors (Lipinski definition) is 7. The molecular weight excluding hydrogens is 279 g/mol. The molecule has 7 nitrogen and oxygen atoms in total. The molecule has 0 saturated heterocycles. The van der Waals surface area contributed by atoms with Crippen LogP contribution in [0.2, 0.25) is 0 Å². The van der Waals surface area contributed by atoms with Crippen LogP contribution in [0, 0.1) is 0 Å². The molecule has 0 aliphatic rings. The maximum absolute atomic E-state index is 8.50. The van der Waals surface area contributed by atoms with Crippen molar-refractivity contribution in [2.24, 2.45) is 0 Å². The minimum absolute atomic E-state index is 0. The fourth-order valence-corrected chi connectivity index (χ4v) is 0. The monoisotopic (exact) mass is 284 g/mol. The van der Waals surface area contributed by atoms with Gasteiger partial charge in [0.1, 0.15) is 0 Å². The maximum atomic E-state index is 8.50. The third kappa shape index (κ3) is 278. The van der Waals surface area contributed by atoms with E-state index < -0.39 is 28.4 Å². The van der Waals surface area contributed by atoms with E-state index in [1.54, 1.807) is 0 Å². The number of rotatable bonds is 0. The van der Waals surface area contributed by atoms with Gasteiger partial charge in [0.05, 0.1) is 0 Å². The third-order valence-electron chi connectivity index (χ3n) is 0. The summed E-state index contributed by atoms with van der Waals surface area (Å²) >= 11 is -1.39. The summed E-state index contributed by atoms with van der Waals surface area (Å²) in [5.74, 6) is 0. The zero-order valence-corrected chi connectivity index (χ0v) is 15.7. The predicted molar refractivity (Wildman–Crippen MR) is 34.5 cm³/mol. The fourth-order valence-electron chi connectivity index (χ4n) is 0. The first-order valence-corrected chi connectivity index (χ1v) is 3.77. The van der Waals surface area contributed by atoms with Gasteiger partial charge in [0, 0.05) is 0 Å². The molecule has 0 aliphatic heterocycles. The molecule has 0 unspecified atom stereocenters. The molecule has 62 valence electrons. The van der Waals surface area contributed by atoms with Crippen molar-refractivity contribution >= 4 is 86.3 Å². The molecule has 0 aromatic heterocycles. The van der Waals surface area contributed by atoms with Gasteiger partial charge in [-0.15, -0.1) is 0 Å². The van der Waals surface area contributed by atoms with Crippen LogP contribution in [0.5, 0.6) is 0 Å². The van der Waals surface area contributed by atoms with E-state index in [1.165, 1.54) is 0 Å². The Kier molecular flexibility index (Phi) is 418. The van der Waals surface area contributed by atoms with E-state index in [0.717, 1.165) is 0 Å². The Morgan fingerprint density at radius 2 is 1.00 bits per heavy atom. The van der Waals surface area contributed by atoms with Crippen molar-refractivity contribution in [1.29, 1.82) is 0 Å². The van der Waals surface area contributed by atoms with Gasteiger partial charge in [0.15, 0.2) is 0 Å². The Morgan fingerprint density at radius 3 is 1.00 bits per heavy atom. The van der Waals surface area contributed by atoms with Crippen LogP contribution in [0.4, 0.5) is 0 Å². The first kappa shape index (κ1) is 47.2. The van der Waals surface area contributed by atoms with Crippen molar-refractivity contribution in [1.82, 2.24) is 0 Å². The molecule has 0 aliphatic carbocycles. The van der Waals surface area contributed by atoms with Crippen molar-refractivity contribution in [2.45, 2.75) is 0 Å². The molecule has 0 bridgehead atoms. The second-order valence-electron chi connectivity index (χ2n) is 0.167.